The lowest BCUT2D eigenvalue weighted by Crippen LogP contribution is -2.43. The molecule has 1 unspecified atom stereocenters. The predicted octanol–water partition coefficient (Wildman–Crippen LogP) is 1.78. The van der Waals surface area contributed by atoms with Gasteiger partial charge < -0.3 is 24.4 Å². The highest BCUT2D eigenvalue weighted by Crippen LogP contribution is 2.34. The van der Waals surface area contributed by atoms with Crippen LogP contribution in [-0.2, 0) is 6.42 Å². The summed E-state index contributed by atoms with van der Waals surface area (Å²) in [5.74, 6) is 3.23. The van der Waals surface area contributed by atoms with E-state index in [-0.39, 0.29) is 0 Å². The Morgan fingerprint density at radius 1 is 1.11 bits per heavy atom. The summed E-state index contributed by atoms with van der Waals surface area (Å²) in [5, 5.41) is 3.50. The highest BCUT2D eigenvalue weighted by molar-refractivity contribution is 5.80. The average molecular weight is 389 g/mol. The summed E-state index contributed by atoms with van der Waals surface area (Å²) in [6, 6.07) is 4.39. The average Bonchev–Trinajstić information content (AvgIpc) is 3.42. The summed E-state index contributed by atoms with van der Waals surface area (Å²) < 4.78 is 16.4. The molecule has 0 aromatic heterocycles. The molecule has 1 fully saturated rings. The van der Waals surface area contributed by atoms with Gasteiger partial charge in [-0.2, -0.15) is 0 Å². The second-order valence-electron chi connectivity index (χ2n) is 7.05. The van der Waals surface area contributed by atoms with Gasteiger partial charge in [0.1, 0.15) is 17.2 Å². The van der Waals surface area contributed by atoms with Gasteiger partial charge in [-0.3, -0.25) is 9.89 Å². The molecular weight excluding hydrogens is 356 g/mol. The number of benzene rings is 1. The minimum atomic E-state index is 0.607. The fourth-order valence-electron chi connectivity index (χ4n) is 3.98. The van der Waals surface area contributed by atoms with E-state index in [1.165, 1.54) is 6.42 Å². The highest BCUT2D eigenvalue weighted by atomic mass is 16.5. The standard InChI is InChI=1S/C21H32N4O3/c1-22-21(25-12-8-16(15-25)24-10-5-6-11-24)23-9-7-18-19(27-3)13-17(26-2)14-20(18)28-4/h5-6,13-14,16H,7-12,15H2,1-4H3,(H,22,23). The van der Waals surface area contributed by atoms with E-state index in [1.54, 1.807) is 21.3 Å². The molecule has 0 aliphatic carbocycles. The highest BCUT2D eigenvalue weighted by Gasteiger charge is 2.29. The summed E-state index contributed by atoms with van der Waals surface area (Å²) in [6.45, 7) is 4.95. The van der Waals surface area contributed by atoms with Gasteiger partial charge in [0, 0.05) is 63.5 Å². The third-order valence-electron chi connectivity index (χ3n) is 5.51. The topological polar surface area (TPSA) is 58.6 Å². The Bertz CT molecular complexity index is 687. The van der Waals surface area contributed by atoms with Gasteiger partial charge in [-0.1, -0.05) is 12.2 Å². The maximum atomic E-state index is 5.55. The van der Waals surface area contributed by atoms with Crippen molar-refractivity contribution in [3.63, 3.8) is 0 Å². The van der Waals surface area contributed by atoms with Crippen LogP contribution in [0.4, 0.5) is 0 Å². The second-order valence-corrected chi connectivity index (χ2v) is 7.05. The van der Waals surface area contributed by atoms with Crippen LogP contribution in [0.25, 0.3) is 0 Å². The molecule has 0 radical (unpaired) electrons. The number of nitrogens with zero attached hydrogens (tertiary/aromatic N) is 3. The summed E-state index contributed by atoms with van der Waals surface area (Å²) in [6.07, 6.45) is 6.46. The van der Waals surface area contributed by atoms with Crippen molar-refractivity contribution < 1.29 is 14.2 Å². The summed E-state index contributed by atoms with van der Waals surface area (Å²) in [7, 11) is 6.83. The molecule has 0 spiro atoms. The number of rotatable bonds is 7. The summed E-state index contributed by atoms with van der Waals surface area (Å²) >= 11 is 0. The SMILES string of the molecule is CN=C(NCCc1c(OC)cc(OC)cc1OC)N1CCC(N2CC=CC2)C1. The van der Waals surface area contributed by atoms with E-state index in [1.807, 2.05) is 19.2 Å². The Balaban J connectivity index is 1.58. The molecule has 0 amide bonds. The molecule has 28 heavy (non-hydrogen) atoms. The number of nitrogens with one attached hydrogen (secondary N) is 1. The van der Waals surface area contributed by atoms with Crippen molar-refractivity contribution in [1.29, 1.82) is 0 Å². The van der Waals surface area contributed by atoms with E-state index in [0.29, 0.717) is 6.04 Å². The first-order valence-electron chi connectivity index (χ1n) is 9.83. The van der Waals surface area contributed by atoms with Crippen LogP contribution in [0.15, 0.2) is 29.3 Å². The van der Waals surface area contributed by atoms with E-state index in [4.69, 9.17) is 14.2 Å². The molecule has 154 valence electrons. The van der Waals surface area contributed by atoms with Crippen molar-refractivity contribution in [2.75, 3.05) is 61.1 Å². The van der Waals surface area contributed by atoms with Crippen LogP contribution in [0.2, 0.25) is 0 Å². The van der Waals surface area contributed by atoms with E-state index >= 15 is 0 Å². The van der Waals surface area contributed by atoms with Gasteiger partial charge in [-0.05, 0) is 12.8 Å². The number of hydrogen-bond acceptors (Lipinski definition) is 5. The molecular formula is C21H32N4O3. The molecule has 3 rings (SSSR count). The second kappa shape index (κ2) is 9.68. The molecule has 2 aliphatic heterocycles. The lowest BCUT2D eigenvalue weighted by molar-refractivity contribution is 0.259. The van der Waals surface area contributed by atoms with Crippen molar-refractivity contribution in [3.05, 3.63) is 29.8 Å². The maximum Gasteiger partial charge on any atom is 0.193 e. The number of guanidine groups is 1. The van der Waals surface area contributed by atoms with Gasteiger partial charge in [0.2, 0.25) is 0 Å². The maximum absolute atomic E-state index is 5.55. The molecule has 2 aliphatic rings. The van der Waals surface area contributed by atoms with Crippen LogP contribution >= 0.6 is 0 Å². The van der Waals surface area contributed by atoms with Gasteiger partial charge in [0.15, 0.2) is 5.96 Å². The zero-order valence-corrected chi connectivity index (χ0v) is 17.4. The lowest BCUT2D eigenvalue weighted by atomic mass is 10.1. The summed E-state index contributed by atoms with van der Waals surface area (Å²) in [4.78, 5) is 9.37. The molecule has 1 aromatic carbocycles. The van der Waals surface area contributed by atoms with Crippen LogP contribution in [0, 0.1) is 0 Å². The quantitative estimate of drug-likeness (QED) is 0.437. The minimum Gasteiger partial charge on any atom is -0.496 e. The molecule has 1 aromatic rings. The first-order chi connectivity index (χ1) is 13.7. The Labute approximate surface area is 168 Å². The van der Waals surface area contributed by atoms with Crippen molar-refractivity contribution >= 4 is 5.96 Å². The predicted molar refractivity (Wildman–Crippen MR) is 112 cm³/mol. The largest absolute Gasteiger partial charge is 0.496 e. The lowest BCUT2D eigenvalue weighted by Gasteiger charge is -2.25. The molecule has 7 nitrogen and oxygen atoms in total. The molecule has 7 heteroatoms. The Morgan fingerprint density at radius 3 is 2.36 bits per heavy atom. The van der Waals surface area contributed by atoms with Crippen molar-refractivity contribution in [1.82, 2.24) is 15.1 Å². The number of methoxy groups -OCH3 is 3. The van der Waals surface area contributed by atoms with Gasteiger partial charge in [0.05, 0.1) is 21.3 Å². The van der Waals surface area contributed by atoms with Crippen LogP contribution < -0.4 is 19.5 Å². The molecule has 1 saturated heterocycles. The third-order valence-corrected chi connectivity index (χ3v) is 5.51. The monoisotopic (exact) mass is 388 g/mol. The van der Waals surface area contributed by atoms with Crippen LogP contribution in [0.1, 0.15) is 12.0 Å². The first kappa shape index (κ1) is 20.3. The van der Waals surface area contributed by atoms with E-state index < -0.39 is 0 Å². The van der Waals surface area contributed by atoms with Crippen LogP contribution in [0.5, 0.6) is 17.2 Å². The van der Waals surface area contributed by atoms with Gasteiger partial charge in [-0.15, -0.1) is 0 Å². The zero-order chi connectivity index (χ0) is 19.9. The Morgan fingerprint density at radius 2 is 1.79 bits per heavy atom. The Hall–Kier alpha value is -2.41. The number of likely N-dealkylation sites (tertiary alicyclic amines) is 1. The number of ether oxygens (including phenoxy) is 3. The fraction of sp³-hybridized carbons (Fsp3) is 0.571. The van der Waals surface area contributed by atoms with Gasteiger partial charge in [0.25, 0.3) is 0 Å². The molecule has 0 saturated carbocycles. The minimum absolute atomic E-state index is 0.607. The van der Waals surface area contributed by atoms with Gasteiger partial charge >= 0.3 is 0 Å². The molecule has 2 heterocycles. The molecule has 0 bridgehead atoms. The smallest absolute Gasteiger partial charge is 0.193 e. The van der Waals surface area contributed by atoms with Crippen molar-refractivity contribution in [2.45, 2.75) is 18.9 Å². The summed E-state index contributed by atoms with van der Waals surface area (Å²) in [5.41, 5.74) is 1.02. The van der Waals surface area contributed by atoms with Crippen molar-refractivity contribution in [3.8, 4) is 17.2 Å². The van der Waals surface area contributed by atoms with E-state index in [0.717, 1.165) is 67.9 Å². The van der Waals surface area contributed by atoms with Crippen LogP contribution in [-0.4, -0.2) is 82.9 Å². The van der Waals surface area contributed by atoms with E-state index in [9.17, 15) is 0 Å². The first-order valence-corrected chi connectivity index (χ1v) is 9.83. The molecule has 1 atom stereocenters. The number of aliphatic imine (C=N–C) groups is 1. The zero-order valence-electron chi connectivity index (χ0n) is 17.4. The van der Waals surface area contributed by atoms with Crippen LogP contribution in [0.3, 0.4) is 0 Å². The van der Waals surface area contributed by atoms with E-state index in [2.05, 4.69) is 32.3 Å². The Kier molecular flexibility index (Phi) is 7.03. The molecule has 1 N–H and O–H groups in total. The fourth-order valence-corrected chi connectivity index (χ4v) is 3.98. The van der Waals surface area contributed by atoms with Gasteiger partial charge in [-0.25, -0.2) is 0 Å². The van der Waals surface area contributed by atoms with Crippen molar-refractivity contribution in [2.24, 2.45) is 4.99 Å². The number of hydrogen-bond donors (Lipinski definition) is 1. The normalized spacial score (nSPS) is 19.9. The third kappa shape index (κ3) is 4.52.